The average molecular weight is 292 g/mol. The Bertz CT molecular complexity index is 530. The van der Waals surface area contributed by atoms with Crippen molar-refractivity contribution in [2.24, 2.45) is 0 Å². The number of esters is 1. The van der Waals surface area contributed by atoms with Gasteiger partial charge in [-0.3, -0.25) is 4.79 Å². The summed E-state index contributed by atoms with van der Waals surface area (Å²) in [5, 5.41) is 0.0982. The summed E-state index contributed by atoms with van der Waals surface area (Å²) in [6.07, 6.45) is 0. The fraction of sp³-hybridized carbons (Fsp3) is 0.364. The minimum atomic E-state index is -3.84. The first-order valence-electron chi connectivity index (χ1n) is 5.32. The molecule has 0 aliphatic heterocycles. The first kappa shape index (κ1) is 14.9. The van der Waals surface area contributed by atoms with E-state index in [2.05, 4.69) is 4.72 Å². The van der Waals surface area contributed by atoms with E-state index in [1.165, 1.54) is 19.1 Å². The molecular formula is C11H14ClNO4S. The van der Waals surface area contributed by atoms with Crippen molar-refractivity contribution in [1.82, 2.24) is 4.72 Å². The molecule has 0 spiro atoms. The Balaban J connectivity index is 2.90. The van der Waals surface area contributed by atoms with Crippen LogP contribution in [0.15, 0.2) is 29.2 Å². The third-order valence-electron chi connectivity index (χ3n) is 2.10. The number of benzene rings is 1. The van der Waals surface area contributed by atoms with E-state index in [1.807, 2.05) is 0 Å². The van der Waals surface area contributed by atoms with Crippen LogP contribution in [0.25, 0.3) is 0 Å². The summed E-state index contributed by atoms with van der Waals surface area (Å²) in [7, 11) is -3.84. The third kappa shape index (κ3) is 3.69. The van der Waals surface area contributed by atoms with E-state index in [0.717, 1.165) is 0 Å². The van der Waals surface area contributed by atoms with Crippen molar-refractivity contribution >= 4 is 27.6 Å². The zero-order valence-corrected chi connectivity index (χ0v) is 11.6. The van der Waals surface area contributed by atoms with Crippen LogP contribution in [-0.4, -0.2) is 27.0 Å². The molecule has 0 amide bonds. The topological polar surface area (TPSA) is 72.5 Å². The highest BCUT2D eigenvalue weighted by atomic mass is 35.5. The maximum absolute atomic E-state index is 12.0. The molecule has 0 radical (unpaired) electrons. The van der Waals surface area contributed by atoms with Gasteiger partial charge in [0.1, 0.15) is 10.9 Å². The summed E-state index contributed by atoms with van der Waals surface area (Å²) >= 11 is 5.80. The van der Waals surface area contributed by atoms with Crippen LogP contribution < -0.4 is 4.72 Å². The Morgan fingerprint density at radius 1 is 1.44 bits per heavy atom. The van der Waals surface area contributed by atoms with Gasteiger partial charge in [0.2, 0.25) is 10.0 Å². The summed E-state index contributed by atoms with van der Waals surface area (Å²) < 4.78 is 30.9. The smallest absolute Gasteiger partial charge is 0.323 e. The molecule has 0 aromatic heterocycles. The Labute approximate surface area is 111 Å². The number of sulfonamides is 1. The normalized spacial score (nSPS) is 13.1. The first-order valence-corrected chi connectivity index (χ1v) is 7.18. The van der Waals surface area contributed by atoms with Crippen molar-refractivity contribution in [3.63, 3.8) is 0 Å². The quantitative estimate of drug-likeness (QED) is 0.836. The molecule has 0 aliphatic carbocycles. The predicted molar refractivity (Wildman–Crippen MR) is 67.9 cm³/mol. The number of hydrogen-bond donors (Lipinski definition) is 1. The predicted octanol–water partition coefficient (Wildman–Crippen LogP) is 1.57. The molecule has 7 heteroatoms. The molecule has 1 atom stereocenters. The van der Waals surface area contributed by atoms with Gasteiger partial charge < -0.3 is 4.74 Å². The van der Waals surface area contributed by atoms with Gasteiger partial charge >= 0.3 is 5.97 Å². The van der Waals surface area contributed by atoms with E-state index < -0.39 is 22.0 Å². The van der Waals surface area contributed by atoms with Crippen LogP contribution in [0.2, 0.25) is 5.02 Å². The second-order valence-electron chi connectivity index (χ2n) is 3.53. The second-order valence-corrected chi connectivity index (χ2v) is 5.62. The summed E-state index contributed by atoms with van der Waals surface area (Å²) in [4.78, 5) is 11.3. The van der Waals surface area contributed by atoms with Crippen LogP contribution in [0.5, 0.6) is 0 Å². The van der Waals surface area contributed by atoms with Gasteiger partial charge in [-0.25, -0.2) is 8.42 Å². The number of carbonyl (C=O) groups is 1. The minimum Gasteiger partial charge on any atom is -0.465 e. The summed E-state index contributed by atoms with van der Waals surface area (Å²) in [5.74, 6) is -0.631. The lowest BCUT2D eigenvalue weighted by atomic mass is 10.4. The van der Waals surface area contributed by atoms with Crippen molar-refractivity contribution in [1.29, 1.82) is 0 Å². The highest BCUT2D eigenvalue weighted by molar-refractivity contribution is 7.89. The molecule has 0 aliphatic rings. The van der Waals surface area contributed by atoms with Crippen LogP contribution >= 0.6 is 11.6 Å². The van der Waals surface area contributed by atoms with Gasteiger partial charge in [0, 0.05) is 0 Å². The van der Waals surface area contributed by atoms with Gasteiger partial charge in [0.25, 0.3) is 0 Å². The highest BCUT2D eigenvalue weighted by Gasteiger charge is 2.24. The van der Waals surface area contributed by atoms with Gasteiger partial charge in [-0.1, -0.05) is 23.7 Å². The highest BCUT2D eigenvalue weighted by Crippen LogP contribution is 2.20. The van der Waals surface area contributed by atoms with Gasteiger partial charge in [0.15, 0.2) is 0 Å². The van der Waals surface area contributed by atoms with Crippen LogP contribution in [0.4, 0.5) is 0 Å². The van der Waals surface area contributed by atoms with Crippen LogP contribution in [-0.2, 0) is 19.6 Å². The number of halogens is 1. The zero-order valence-electron chi connectivity index (χ0n) is 10.0. The molecular weight excluding hydrogens is 278 g/mol. The third-order valence-corrected chi connectivity index (χ3v) is 4.14. The largest absolute Gasteiger partial charge is 0.465 e. The zero-order chi connectivity index (χ0) is 13.8. The second kappa shape index (κ2) is 6.17. The number of hydrogen-bond acceptors (Lipinski definition) is 4. The molecule has 18 heavy (non-hydrogen) atoms. The molecule has 1 rings (SSSR count). The van der Waals surface area contributed by atoms with Crippen LogP contribution in [0.3, 0.4) is 0 Å². The van der Waals surface area contributed by atoms with Gasteiger partial charge in [-0.2, -0.15) is 4.72 Å². The Morgan fingerprint density at radius 3 is 2.61 bits per heavy atom. The molecule has 1 aromatic carbocycles. The number of carbonyl (C=O) groups excluding carboxylic acids is 1. The Kier molecular flexibility index (Phi) is 5.13. The Hall–Kier alpha value is -1.11. The van der Waals surface area contributed by atoms with E-state index in [9.17, 15) is 13.2 Å². The molecule has 1 N–H and O–H groups in total. The molecule has 0 saturated carbocycles. The van der Waals surface area contributed by atoms with Crippen molar-refractivity contribution in [3.05, 3.63) is 29.3 Å². The lowest BCUT2D eigenvalue weighted by Gasteiger charge is -2.13. The van der Waals surface area contributed by atoms with Crippen molar-refractivity contribution in [2.45, 2.75) is 24.8 Å². The Morgan fingerprint density at radius 2 is 2.06 bits per heavy atom. The first-order chi connectivity index (χ1) is 8.38. The van der Waals surface area contributed by atoms with Gasteiger partial charge in [0.05, 0.1) is 11.6 Å². The maximum Gasteiger partial charge on any atom is 0.323 e. The number of rotatable bonds is 5. The molecule has 0 fully saturated rings. The number of ether oxygens (including phenoxy) is 1. The van der Waals surface area contributed by atoms with Gasteiger partial charge in [-0.05, 0) is 26.0 Å². The lowest BCUT2D eigenvalue weighted by Crippen LogP contribution is -2.39. The van der Waals surface area contributed by atoms with E-state index >= 15 is 0 Å². The summed E-state index contributed by atoms with van der Waals surface area (Å²) in [5.41, 5.74) is 0. The fourth-order valence-corrected chi connectivity index (χ4v) is 2.99. The minimum absolute atomic E-state index is 0.0668. The van der Waals surface area contributed by atoms with Crippen LogP contribution in [0.1, 0.15) is 13.8 Å². The molecule has 5 nitrogen and oxygen atoms in total. The molecule has 0 bridgehead atoms. The van der Waals surface area contributed by atoms with Crippen molar-refractivity contribution in [3.8, 4) is 0 Å². The van der Waals surface area contributed by atoms with Gasteiger partial charge in [-0.15, -0.1) is 0 Å². The monoisotopic (exact) mass is 291 g/mol. The molecule has 0 saturated heterocycles. The van der Waals surface area contributed by atoms with E-state index in [4.69, 9.17) is 16.3 Å². The number of nitrogens with one attached hydrogen (secondary N) is 1. The van der Waals surface area contributed by atoms with Crippen molar-refractivity contribution in [2.75, 3.05) is 6.61 Å². The average Bonchev–Trinajstić information content (AvgIpc) is 2.29. The standard InChI is InChI=1S/C11H14ClNO4S/c1-3-17-11(14)8(2)13-18(15,16)10-7-5-4-6-9(10)12/h4-8,13H,3H2,1-2H3. The molecule has 0 heterocycles. The molecule has 1 aromatic rings. The summed E-state index contributed by atoms with van der Waals surface area (Å²) in [6.45, 7) is 3.25. The SMILES string of the molecule is CCOC(=O)C(C)NS(=O)(=O)c1ccccc1Cl. The maximum atomic E-state index is 12.0. The molecule has 100 valence electrons. The van der Waals surface area contributed by atoms with E-state index in [0.29, 0.717) is 0 Å². The fourth-order valence-electron chi connectivity index (χ4n) is 1.27. The summed E-state index contributed by atoms with van der Waals surface area (Å²) in [6, 6.07) is 5.03. The van der Waals surface area contributed by atoms with Crippen molar-refractivity contribution < 1.29 is 17.9 Å². The van der Waals surface area contributed by atoms with E-state index in [1.54, 1.807) is 19.1 Å². The lowest BCUT2D eigenvalue weighted by molar-refractivity contribution is -0.144. The van der Waals surface area contributed by atoms with E-state index in [-0.39, 0.29) is 16.5 Å². The molecule has 1 unspecified atom stereocenters. The van der Waals surface area contributed by atoms with Crippen LogP contribution in [0, 0.1) is 0 Å².